The summed E-state index contributed by atoms with van der Waals surface area (Å²) in [5, 5.41) is 2.80. The molecule has 0 saturated heterocycles. The fourth-order valence-electron chi connectivity index (χ4n) is 2.42. The Morgan fingerprint density at radius 1 is 1.25 bits per heavy atom. The van der Waals surface area contributed by atoms with Crippen LogP contribution in [-0.2, 0) is 11.2 Å². The molecule has 0 radical (unpaired) electrons. The van der Waals surface area contributed by atoms with Gasteiger partial charge in [-0.2, -0.15) is 0 Å². The number of aromatic amines is 1. The van der Waals surface area contributed by atoms with E-state index in [9.17, 15) is 9.18 Å². The summed E-state index contributed by atoms with van der Waals surface area (Å²) in [6.45, 7) is 2.34. The van der Waals surface area contributed by atoms with Crippen molar-refractivity contribution in [2.45, 2.75) is 13.3 Å². The molecule has 3 aromatic rings. The van der Waals surface area contributed by atoms with Gasteiger partial charge in [-0.15, -0.1) is 0 Å². The van der Waals surface area contributed by atoms with Crippen LogP contribution < -0.4 is 10.1 Å². The number of carbonyl (C=O) groups excluding carboxylic acids is 1. The van der Waals surface area contributed by atoms with Crippen LogP contribution in [0.2, 0.25) is 0 Å². The summed E-state index contributed by atoms with van der Waals surface area (Å²) in [6, 6.07) is 11.6. The van der Waals surface area contributed by atoms with Gasteiger partial charge >= 0.3 is 0 Å². The standard InChI is InChI=1S/C18H18FN3O2/c1-12-21-16-7-2-13(10-17(16)22-12)8-9-20-18(23)11-24-15-5-3-14(19)4-6-15/h2-7,10H,8-9,11H2,1H3,(H,20,23)(H,21,22). The van der Waals surface area contributed by atoms with Crippen molar-refractivity contribution in [1.29, 1.82) is 0 Å². The molecule has 3 rings (SSSR count). The number of amides is 1. The van der Waals surface area contributed by atoms with E-state index in [1.54, 1.807) is 0 Å². The Bertz CT molecular complexity index is 843. The van der Waals surface area contributed by atoms with Crippen LogP contribution in [0, 0.1) is 12.7 Å². The van der Waals surface area contributed by atoms with Crippen LogP contribution in [0.4, 0.5) is 4.39 Å². The highest BCUT2D eigenvalue weighted by molar-refractivity contribution is 5.77. The molecule has 0 aliphatic carbocycles. The zero-order valence-electron chi connectivity index (χ0n) is 13.3. The number of hydrogen-bond donors (Lipinski definition) is 2. The van der Waals surface area contributed by atoms with Crippen molar-refractivity contribution in [3.63, 3.8) is 0 Å². The smallest absolute Gasteiger partial charge is 0.257 e. The van der Waals surface area contributed by atoms with E-state index in [4.69, 9.17) is 4.74 Å². The van der Waals surface area contributed by atoms with E-state index < -0.39 is 0 Å². The summed E-state index contributed by atoms with van der Waals surface area (Å²) < 4.78 is 18.1. The Balaban J connectivity index is 1.44. The van der Waals surface area contributed by atoms with Crippen LogP contribution >= 0.6 is 0 Å². The van der Waals surface area contributed by atoms with E-state index in [0.29, 0.717) is 12.3 Å². The molecule has 0 aliphatic heterocycles. The van der Waals surface area contributed by atoms with Crippen LogP contribution in [-0.4, -0.2) is 29.0 Å². The summed E-state index contributed by atoms with van der Waals surface area (Å²) in [5.41, 5.74) is 3.05. The second-order valence-corrected chi connectivity index (χ2v) is 5.52. The van der Waals surface area contributed by atoms with E-state index in [-0.39, 0.29) is 18.3 Å². The van der Waals surface area contributed by atoms with Gasteiger partial charge in [0.1, 0.15) is 17.4 Å². The van der Waals surface area contributed by atoms with Gasteiger partial charge in [0.05, 0.1) is 11.0 Å². The largest absolute Gasteiger partial charge is 0.484 e. The Morgan fingerprint density at radius 3 is 2.83 bits per heavy atom. The van der Waals surface area contributed by atoms with Crippen molar-refractivity contribution in [3.05, 3.63) is 59.7 Å². The molecule has 2 aromatic carbocycles. The number of H-pyrrole nitrogens is 1. The van der Waals surface area contributed by atoms with Gasteiger partial charge in [-0.25, -0.2) is 9.37 Å². The van der Waals surface area contributed by atoms with Gasteiger partial charge in [0.2, 0.25) is 0 Å². The Hall–Kier alpha value is -2.89. The number of halogens is 1. The van der Waals surface area contributed by atoms with Crippen molar-refractivity contribution < 1.29 is 13.9 Å². The first-order chi connectivity index (χ1) is 11.6. The van der Waals surface area contributed by atoms with E-state index in [1.165, 1.54) is 24.3 Å². The number of nitrogens with one attached hydrogen (secondary N) is 2. The zero-order chi connectivity index (χ0) is 16.9. The summed E-state index contributed by atoms with van der Waals surface area (Å²) in [5.74, 6) is 0.800. The Morgan fingerprint density at radius 2 is 2.04 bits per heavy atom. The third-order valence-corrected chi connectivity index (χ3v) is 3.58. The topological polar surface area (TPSA) is 67.0 Å². The highest BCUT2D eigenvalue weighted by Crippen LogP contribution is 2.14. The summed E-state index contributed by atoms with van der Waals surface area (Å²) >= 11 is 0. The van der Waals surface area contributed by atoms with Crippen LogP contribution in [0.1, 0.15) is 11.4 Å². The highest BCUT2D eigenvalue weighted by atomic mass is 19.1. The number of hydrogen-bond acceptors (Lipinski definition) is 3. The van der Waals surface area contributed by atoms with Crippen molar-refractivity contribution in [2.75, 3.05) is 13.2 Å². The molecule has 5 nitrogen and oxygen atoms in total. The van der Waals surface area contributed by atoms with Gasteiger partial charge in [0.15, 0.2) is 6.61 Å². The molecule has 0 atom stereocenters. The monoisotopic (exact) mass is 327 g/mol. The molecule has 0 spiro atoms. The molecule has 0 fully saturated rings. The number of fused-ring (bicyclic) bond motifs is 1. The number of ether oxygens (including phenoxy) is 1. The van der Waals surface area contributed by atoms with Crippen LogP contribution in [0.5, 0.6) is 5.75 Å². The molecule has 0 saturated carbocycles. The molecule has 0 bridgehead atoms. The fourth-order valence-corrected chi connectivity index (χ4v) is 2.42. The minimum atomic E-state index is -0.337. The molecule has 124 valence electrons. The minimum Gasteiger partial charge on any atom is -0.484 e. The molecule has 0 aliphatic rings. The second kappa shape index (κ2) is 7.12. The molecular formula is C18H18FN3O2. The number of carbonyl (C=O) groups is 1. The summed E-state index contributed by atoms with van der Waals surface area (Å²) in [4.78, 5) is 19.3. The average Bonchev–Trinajstić information content (AvgIpc) is 2.93. The number of rotatable bonds is 6. The maximum absolute atomic E-state index is 12.8. The lowest BCUT2D eigenvalue weighted by atomic mass is 10.1. The fraction of sp³-hybridized carbons (Fsp3) is 0.222. The number of nitrogens with zero attached hydrogens (tertiary/aromatic N) is 1. The van der Waals surface area contributed by atoms with Crippen LogP contribution in [0.3, 0.4) is 0 Å². The van der Waals surface area contributed by atoms with Crippen LogP contribution in [0.15, 0.2) is 42.5 Å². The quantitative estimate of drug-likeness (QED) is 0.731. The number of aromatic nitrogens is 2. The molecule has 0 unspecified atom stereocenters. The van der Waals surface area contributed by atoms with Gasteiger partial charge in [0.25, 0.3) is 5.91 Å². The molecule has 1 amide bonds. The predicted octanol–water partition coefficient (Wildman–Crippen LogP) is 2.75. The lowest BCUT2D eigenvalue weighted by Gasteiger charge is -2.07. The summed E-state index contributed by atoms with van der Waals surface area (Å²) in [7, 11) is 0. The first kappa shape index (κ1) is 16.0. The molecule has 2 N–H and O–H groups in total. The van der Waals surface area contributed by atoms with Crippen molar-refractivity contribution >= 4 is 16.9 Å². The van der Waals surface area contributed by atoms with E-state index >= 15 is 0 Å². The molecular weight excluding hydrogens is 309 g/mol. The number of imidazole rings is 1. The van der Waals surface area contributed by atoms with Gasteiger partial charge in [-0.3, -0.25) is 4.79 Å². The summed E-state index contributed by atoms with van der Waals surface area (Å²) in [6.07, 6.45) is 0.719. The molecule has 1 aromatic heterocycles. The van der Waals surface area contributed by atoms with E-state index in [2.05, 4.69) is 15.3 Å². The Labute approximate surface area is 138 Å². The number of benzene rings is 2. The number of aryl methyl sites for hydroxylation is 1. The second-order valence-electron chi connectivity index (χ2n) is 5.52. The van der Waals surface area contributed by atoms with Gasteiger partial charge < -0.3 is 15.0 Å². The Kier molecular flexibility index (Phi) is 4.74. The third-order valence-electron chi connectivity index (χ3n) is 3.58. The molecule has 1 heterocycles. The maximum Gasteiger partial charge on any atom is 0.257 e. The molecule has 6 heteroatoms. The van der Waals surface area contributed by atoms with Crippen molar-refractivity contribution in [1.82, 2.24) is 15.3 Å². The first-order valence-corrected chi connectivity index (χ1v) is 7.70. The highest BCUT2D eigenvalue weighted by Gasteiger charge is 2.04. The van der Waals surface area contributed by atoms with E-state index in [0.717, 1.165) is 28.8 Å². The third kappa shape index (κ3) is 4.10. The van der Waals surface area contributed by atoms with Gasteiger partial charge in [-0.05, 0) is 55.3 Å². The van der Waals surface area contributed by atoms with E-state index in [1.807, 2.05) is 25.1 Å². The lowest BCUT2D eigenvalue weighted by molar-refractivity contribution is -0.123. The molecule has 24 heavy (non-hydrogen) atoms. The van der Waals surface area contributed by atoms with Crippen molar-refractivity contribution in [3.8, 4) is 5.75 Å². The minimum absolute atomic E-state index is 0.0928. The predicted molar refractivity (Wildman–Crippen MR) is 89.4 cm³/mol. The first-order valence-electron chi connectivity index (χ1n) is 7.70. The lowest BCUT2D eigenvalue weighted by Crippen LogP contribution is -2.30. The zero-order valence-corrected chi connectivity index (χ0v) is 13.3. The average molecular weight is 327 g/mol. The maximum atomic E-state index is 12.8. The van der Waals surface area contributed by atoms with Crippen LogP contribution in [0.25, 0.3) is 11.0 Å². The SMILES string of the molecule is Cc1nc2ccc(CCNC(=O)COc3ccc(F)cc3)cc2[nH]1. The van der Waals surface area contributed by atoms with Gasteiger partial charge in [0, 0.05) is 6.54 Å². The normalized spacial score (nSPS) is 10.8. The van der Waals surface area contributed by atoms with Gasteiger partial charge in [-0.1, -0.05) is 6.07 Å². The van der Waals surface area contributed by atoms with Crippen molar-refractivity contribution in [2.24, 2.45) is 0 Å².